The smallest absolute Gasteiger partial charge is 0.124 e. The van der Waals surface area contributed by atoms with Crippen molar-refractivity contribution in [1.82, 2.24) is 15.0 Å². The summed E-state index contributed by atoms with van der Waals surface area (Å²) in [6.45, 7) is 2.58. The zero-order valence-corrected chi connectivity index (χ0v) is 10.6. The molecule has 0 fully saturated rings. The Morgan fingerprint density at radius 3 is 2.83 bits per heavy atom. The van der Waals surface area contributed by atoms with Gasteiger partial charge in [-0.3, -0.25) is 5.84 Å². The molecule has 2 rings (SSSR count). The van der Waals surface area contributed by atoms with Crippen molar-refractivity contribution in [2.45, 2.75) is 13.0 Å². The van der Waals surface area contributed by atoms with E-state index in [1.54, 1.807) is 6.33 Å². The zero-order valence-electron chi connectivity index (χ0n) is 10.6. The SMILES string of the molecule is CCOc1ccccc1C(NN)c1cn(C)cn1. The third-order valence-electron chi connectivity index (χ3n) is 2.72. The van der Waals surface area contributed by atoms with E-state index in [2.05, 4.69) is 10.4 Å². The van der Waals surface area contributed by atoms with Gasteiger partial charge in [0.2, 0.25) is 0 Å². The second-order valence-corrected chi connectivity index (χ2v) is 4.03. The van der Waals surface area contributed by atoms with Crippen molar-refractivity contribution in [3.63, 3.8) is 0 Å². The van der Waals surface area contributed by atoms with Gasteiger partial charge in [-0.25, -0.2) is 10.4 Å². The molecule has 1 atom stereocenters. The highest BCUT2D eigenvalue weighted by atomic mass is 16.5. The fraction of sp³-hybridized carbons (Fsp3) is 0.308. The second-order valence-electron chi connectivity index (χ2n) is 4.03. The Bertz CT molecular complexity index is 509. The zero-order chi connectivity index (χ0) is 13.0. The maximum atomic E-state index is 5.66. The summed E-state index contributed by atoms with van der Waals surface area (Å²) < 4.78 is 7.51. The van der Waals surface area contributed by atoms with Crippen molar-refractivity contribution in [2.75, 3.05) is 6.61 Å². The summed E-state index contributed by atoms with van der Waals surface area (Å²) in [7, 11) is 1.93. The Morgan fingerprint density at radius 2 is 2.22 bits per heavy atom. The third kappa shape index (κ3) is 2.52. The highest BCUT2D eigenvalue weighted by molar-refractivity contribution is 5.39. The molecule has 1 aromatic heterocycles. The monoisotopic (exact) mass is 246 g/mol. The maximum absolute atomic E-state index is 5.66. The molecule has 0 bridgehead atoms. The molecule has 2 aromatic rings. The topological polar surface area (TPSA) is 65.1 Å². The second kappa shape index (κ2) is 5.66. The average Bonchev–Trinajstić information content (AvgIpc) is 2.79. The molecule has 0 saturated heterocycles. The largest absolute Gasteiger partial charge is 0.494 e. The van der Waals surface area contributed by atoms with Crippen LogP contribution in [-0.2, 0) is 7.05 Å². The van der Waals surface area contributed by atoms with Crippen molar-refractivity contribution in [3.05, 3.63) is 48.0 Å². The van der Waals surface area contributed by atoms with Crippen molar-refractivity contribution < 1.29 is 4.74 Å². The Balaban J connectivity index is 2.38. The standard InChI is InChI=1S/C13H18N4O/c1-3-18-12-7-5-4-6-10(12)13(16-14)11-8-17(2)9-15-11/h4-9,13,16H,3,14H2,1-2H3. The Morgan fingerprint density at radius 1 is 1.44 bits per heavy atom. The first-order chi connectivity index (χ1) is 8.76. The van der Waals surface area contributed by atoms with Gasteiger partial charge in [-0.2, -0.15) is 0 Å². The molecule has 1 aromatic carbocycles. The lowest BCUT2D eigenvalue weighted by molar-refractivity contribution is 0.333. The molecule has 5 nitrogen and oxygen atoms in total. The van der Waals surface area contributed by atoms with Crippen LogP contribution in [0.1, 0.15) is 24.2 Å². The first kappa shape index (κ1) is 12.6. The minimum atomic E-state index is -0.172. The molecule has 0 aliphatic rings. The molecule has 1 unspecified atom stereocenters. The van der Waals surface area contributed by atoms with E-state index in [1.165, 1.54) is 0 Å². The molecule has 0 aliphatic carbocycles. The van der Waals surface area contributed by atoms with Gasteiger partial charge in [-0.15, -0.1) is 0 Å². The quantitative estimate of drug-likeness (QED) is 0.618. The summed E-state index contributed by atoms with van der Waals surface area (Å²) in [5, 5.41) is 0. The molecule has 0 aliphatic heterocycles. The molecule has 0 radical (unpaired) electrons. The highest BCUT2D eigenvalue weighted by Gasteiger charge is 2.18. The van der Waals surface area contributed by atoms with Crippen LogP contribution in [0.3, 0.4) is 0 Å². The van der Waals surface area contributed by atoms with Gasteiger partial charge in [0.25, 0.3) is 0 Å². The van der Waals surface area contributed by atoms with Gasteiger partial charge in [0.1, 0.15) is 5.75 Å². The molecule has 3 N–H and O–H groups in total. The lowest BCUT2D eigenvalue weighted by Crippen LogP contribution is -2.29. The number of aromatic nitrogens is 2. The Kier molecular flexibility index (Phi) is 3.96. The van der Waals surface area contributed by atoms with Crippen molar-refractivity contribution in [2.24, 2.45) is 12.9 Å². The summed E-state index contributed by atoms with van der Waals surface area (Å²) in [6.07, 6.45) is 3.69. The Labute approximate surface area is 107 Å². The first-order valence-corrected chi connectivity index (χ1v) is 5.92. The minimum absolute atomic E-state index is 0.172. The van der Waals surface area contributed by atoms with Crippen LogP contribution in [0, 0.1) is 0 Å². The molecule has 18 heavy (non-hydrogen) atoms. The minimum Gasteiger partial charge on any atom is -0.494 e. The van der Waals surface area contributed by atoms with Crippen LogP contribution in [-0.4, -0.2) is 16.2 Å². The number of imidazole rings is 1. The summed E-state index contributed by atoms with van der Waals surface area (Å²) >= 11 is 0. The normalized spacial score (nSPS) is 12.4. The van der Waals surface area contributed by atoms with E-state index in [1.807, 2.05) is 49.0 Å². The molecule has 0 spiro atoms. The summed E-state index contributed by atoms with van der Waals surface area (Å²) in [4.78, 5) is 4.33. The van der Waals surface area contributed by atoms with Crippen LogP contribution in [0.15, 0.2) is 36.8 Å². The van der Waals surface area contributed by atoms with E-state index in [9.17, 15) is 0 Å². The molecular weight excluding hydrogens is 228 g/mol. The molecule has 0 saturated carbocycles. The van der Waals surface area contributed by atoms with Gasteiger partial charge in [0, 0.05) is 18.8 Å². The number of nitrogens with one attached hydrogen (secondary N) is 1. The predicted octanol–water partition coefficient (Wildman–Crippen LogP) is 1.37. The number of rotatable bonds is 5. The van der Waals surface area contributed by atoms with Crippen molar-refractivity contribution in [1.29, 1.82) is 0 Å². The van der Waals surface area contributed by atoms with Crippen LogP contribution in [0.5, 0.6) is 5.75 Å². The van der Waals surface area contributed by atoms with Gasteiger partial charge in [-0.05, 0) is 13.0 Å². The van der Waals surface area contributed by atoms with Crippen LogP contribution < -0.4 is 16.0 Å². The number of hydrogen-bond donors (Lipinski definition) is 2. The van der Waals surface area contributed by atoms with Gasteiger partial charge >= 0.3 is 0 Å². The van der Waals surface area contributed by atoms with Crippen LogP contribution in [0.2, 0.25) is 0 Å². The van der Waals surface area contributed by atoms with Crippen molar-refractivity contribution in [3.8, 4) is 5.75 Å². The lowest BCUT2D eigenvalue weighted by atomic mass is 10.0. The molecule has 1 heterocycles. The number of aryl methyl sites for hydroxylation is 1. The van der Waals surface area contributed by atoms with Gasteiger partial charge in [0.15, 0.2) is 0 Å². The van der Waals surface area contributed by atoms with E-state index >= 15 is 0 Å². The van der Waals surface area contributed by atoms with E-state index in [4.69, 9.17) is 10.6 Å². The third-order valence-corrected chi connectivity index (χ3v) is 2.72. The summed E-state index contributed by atoms with van der Waals surface area (Å²) in [5.74, 6) is 6.48. The van der Waals surface area contributed by atoms with Gasteiger partial charge in [-0.1, -0.05) is 18.2 Å². The number of para-hydroxylation sites is 1. The Hall–Kier alpha value is -1.85. The molecular formula is C13H18N4O. The molecule has 96 valence electrons. The number of benzene rings is 1. The first-order valence-electron chi connectivity index (χ1n) is 5.92. The average molecular weight is 246 g/mol. The number of ether oxygens (including phenoxy) is 1. The van der Waals surface area contributed by atoms with Gasteiger partial charge < -0.3 is 9.30 Å². The lowest BCUT2D eigenvalue weighted by Gasteiger charge is -2.17. The van der Waals surface area contributed by atoms with Crippen LogP contribution in [0.25, 0.3) is 0 Å². The number of hydrogen-bond acceptors (Lipinski definition) is 4. The summed E-state index contributed by atoms with van der Waals surface area (Å²) in [5.41, 5.74) is 4.65. The fourth-order valence-electron chi connectivity index (χ4n) is 1.92. The van der Waals surface area contributed by atoms with E-state index in [0.717, 1.165) is 17.0 Å². The van der Waals surface area contributed by atoms with Crippen LogP contribution >= 0.6 is 0 Å². The number of hydrazine groups is 1. The summed E-state index contributed by atoms with van der Waals surface area (Å²) in [6, 6.07) is 7.66. The van der Waals surface area contributed by atoms with Gasteiger partial charge in [0.05, 0.1) is 24.7 Å². The van der Waals surface area contributed by atoms with E-state index < -0.39 is 0 Å². The van der Waals surface area contributed by atoms with E-state index in [0.29, 0.717) is 6.61 Å². The van der Waals surface area contributed by atoms with Crippen molar-refractivity contribution >= 4 is 0 Å². The van der Waals surface area contributed by atoms with Crippen LogP contribution in [0.4, 0.5) is 0 Å². The predicted molar refractivity (Wildman–Crippen MR) is 70.0 cm³/mol. The maximum Gasteiger partial charge on any atom is 0.124 e. The van der Waals surface area contributed by atoms with E-state index in [-0.39, 0.29) is 6.04 Å². The highest BCUT2D eigenvalue weighted by Crippen LogP contribution is 2.28. The number of nitrogens with zero attached hydrogens (tertiary/aromatic N) is 2. The molecule has 5 heteroatoms. The number of nitrogens with two attached hydrogens (primary N) is 1. The molecule has 0 amide bonds. The fourth-order valence-corrected chi connectivity index (χ4v) is 1.92.